The van der Waals surface area contributed by atoms with Crippen LogP contribution in [0.4, 0.5) is 0 Å². The first-order chi connectivity index (χ1) is 22.4. The van der Waals surface area contributed by atoms with Crippen LogP contribution in [-0.4, -0.2) is 64.0 Å². The van der Waals surface area contributed by atoms with Crippen LogP contribution in [0.3, 0.4) is 0 Å². The molecule has 6 nitrogen and oxygen atoms in total. The summed E-state index contributed by atoms with van der Waals surface area (Å²) < 4.78 is 11.7. The summed E-state index contributed by atoms with van der Waals surface area (Å²) in [4.78, 5) is 31.2. The van der Waals surface area contributed by atoms with Gasteiger partial charge in [-0.2, -0.15) is 0 Å². The second kappa shape index (κ2) is 23.6. The predicted molar refractivity (Wildman–Crippen MR) is 191 cm³/mol. The maximum Gasteiger partial charge on any atom is 0.171 e. The third kappa shape index (κ3) is 14.4. The van der Waals surface area contributed by atoms with Crippen LogP contribution in [0.5, 0.6) is 11.5 Å². The molecule has 0 aliphatic carbocycles. The largest absolute Gasteiger partial charge is 0.494 e. The van der Waals surface area contributed by atoms with Crippen molar-refractivity contribution >= 4 is 11.6 Å². The van der Waals surface area contributed by atoms with E-state index in [2.05, 4.69) is 41.5 Å². The summed E-state index contributed by atoms with van der Waals surface area (Å²) >= 11 is 0. The highest BCUT2D eigenvalue weighted by atomic mass is 16.5. The van der Waals surface area contributed by atoms with Gasteiger partial charge in [0.1, 0.15) is 11.5 Å². The third-order valence-corrected chi connectivity index (χ3v) is 8.90. The number of carbonyl (C=O) groups excluding carboxylic acids is 2. The van der Waals surface area contributed by atoms with Gasteiger partial charge in [0.2, 0.25) is 0 Å². The molecule has 0 heterocycles. The fourth-order valence-corrected chi connectivity index (χ4v) is 6.39. The fourth-order valence-electron chi connectivity index (χ4n) is 6.39. The Bertz CT molecular complexity index is 986. The molecule has 0 saturated heterocycles. The molecular weight excluding hydrogens is 572 g/mol. The molecule has 0 amide bonds. The smallest absolute Gasteiger partial charge is 0.171 e. The molecule has 0 aliphatic rings. The van der Waals surface area contributed by atoms with Crippen molar-refractivity contribution in [2.24, 2.45) is 11.8 Å². The van der Waals surface area contributed by atoms with Gasteiger partial charge in [-0.25, -0.2) is 0 Å². The average molecular weight is 639 g/mol. The van der Waals surface area contributed by atoms with Crippen LogP contribution in [0.2, 0.25) is 0 Å². The quantitative estimate of drug-likeness (QED) is 0.0863. The summed E-state index contributed by atoms with van der Waals surface area (Å²) in [5.74, 6) is 1.74. The molecule has 2 aromatic rings. The zero-order valence-electron chi connectivity index (χ0n) is 30.1. The van der Waals surface area contributed by atoms with Gasteiger partial charge >= 0.3 is 0 Å². The van der Waals surface area contributed by atoms with Gasteiger partial charge in [0.15, 0.2) is 11.6 Å². The van der Waals surface area contributed by atoms with Crippen molar-refractivity contribution in [1.82, 2.24) is 0 Å². The van der Waals surface area contributed by atoms with Gasteiger partial charge in [0, 0.05) is 11.1 Å². The molecule has 0 radical (unpaired) electrons. The Hall–Kier alpha value is -2.70. The number of unbranched alkanes of at least 4 members (excludes halogenated alkanes) is 2. The van der Waals surface area contributed by atoms with Gasteiger partial charge in [-0.3, -0.25) is 9.59 Å². The maximum atomic E-state index is 14.1. The van der Waals surface area contributed by atoms with Gasteiger partial charge in [-0.05, 0) is 99.9 Å². The summed E-state index contributed by atoms with van der Waals surface area (Å²) in [5, 5.41) is 0. The number of carbonyl (C=O) groups is 2. The number of hydrogen-bond acceptors (Lipinski definition) is 4. The zero-order chi connectivity index (χ0) is 33.6. The van der Waals surface area contributed by atoms with Crippen molar-refractivity contribution in [2.75, 3.05) is 52.5 Å². The predicted octanol–water partition coefficient (Wildman–Crippen LogP) is 6.53. The summed E-state index contributed by atoms with van der Waals surface area (Å²) in [7, 11) is 0. The van der Waals surface area contributed by atoms with E-state index in [1.54, 1.807) is 0 Å². The van der Waals surface area contributed by atoms with Gasteiger partial charge in [-0.1, -0.05) is 54.4 Å². The lowest BCUT2D eigenvalue weighted by Gasteiger charge is -2.27. The molecule has 0 fully saturated rings. The van der Waals surface area contributed by atoms with E-state index >= 15 is 0 Å². The van der Waals surface area contributed by atoms with Crippen molar-refractivity contribution < 1.29 is 28.9 Å². The van der Waals surface area contributed by atoms with Crippen LogP contribution in [0.15, 0.2) is 48.5 Å². The normalized spacial score (nSPS) is 12.8. The molecule has 2 unspecified atom stereocenters. The Kier molecular flexibility index (Phi) is 20.2. The zero-order valence-corrected chi connectivity index (χ0v) is 30.1. The van der Waals surface area contributed by atoms with Gasteiger partial charge in [-0.15, -0.1) is 0 Å². The third-order valence-electron chi connectivity index (χ3n) is 8.90. The number of benzene rings is 2. The van der Waals surface area contributed by atoms with E-state index in [9.17, 15) is 9.59 Å². The fraction of sp³-hybridized carbons (Fsp3) is 0.650. The molecule has 2 atom stereocenters. The lowest BCUT2D eigenvalue weighted by atomic mass is 9.85. The van der Waals surface area contributed by atoms with E-state index in [0.29, 0.717) is 26.1 Å². The molecule has 6 heteroatoms. The number of ketones is 2. The Morgan fingerprint density at radius 3 is 1.13 bits per heavy atom. The molecular formula is C40H66N2O4+2. The first-order valence-corrected chi connectivity index (χ1v) is 18.6. The number of quaternary nitrogens is 2. The maximum absolute atomic E-state index is 14.1. The molecule has 2 N–H and O–H groups in total. The van der Waals surface area contributed by atoms with Crippen LogP contribution >= 0.6 is 0 Å². The molecule has 258 valence electrons. The Morgan fingerprint density at radius 1 is 0.522 bits per heavy atom. The summed E-state index contributed by atoms with van der Waals surface area (Å²) in [6.07, 6.45) is 9.99. The van der Waals surface area contributed by atoms with E-state index in [4.69, 9.17) is 9.47 Å². The van der Waals surface area contributed by atoms with Gasteiger partial charge < -0.3 is 19.3 Å². The van der Waals surface area contributed by atoms with E-state index in [1.807, 2.05) is 48.5 Å². The molecule has 2 rings (SSSR count). The van der Waals surface area contributed by atoms with E-state index in [1.165, 1.54) is 9.80 Å². The Balaban J connectivity index is 2.32. The van der Waals surface area contributed by atoms with Gasteiger partial charge in [0.05, 0.1) is 64.3 Å². The number of ether oxygens (including phenoxy) is 2. The Morgan fingerprint density at radius 2 is 0.848 bits per heavy atom. The molecule has 0 bridgehead atoms. The first-order valence-electron chi connectivity index (χ1n) is 18.6. The highest BCUT2D eigenvalue weighted by molar-refractivity contribution is 5.99. The van der Waals surface area contributed by atoms with Crippen LogP contribution < -0.4 is 19.3 Å². The molecule has 46 heavy (non-hydrogen) atoms. The van der Waals surface area contributed by atoms with Crippen molar-refractivity contribution in [3.63, 3.8) is 0 Å². The number of nitrogens with one attached hydrogen (secondary N) is 2. The second-order valence-electron chi connectivity index (χ2n) is 13.1. The SMILES string of the molecule is CCCCOc1ccc(C(=O)C(CCC(C[NH+](CCC)CCC)C(=O)c2ccc(OCCCC)cc2)C[NH+](CCC)CCC)cc1. The number of hydrogen-bond donors (Lipinski definition) is 2. The topological polar surface area (TPSA) is 61.5 Å². The highest BCUT2D eigenvalue weighted by Gasteiger charge is 2.30. The lowest BCUT2D eigenvalue weighted by Crippen LogP contribution is -3.13. The first kappa shape index (κ1) is 39.5. The van der Waals surface area contributed by atoms with E-state index < -0.39 is 0 Å². The molecule has 2 aromatic carbocycles. The standard InChI is InChI=1S/C40H64N2O4/c1-7-13-29-45-37-21-17-33(18-22-37)39(43)35(31-41(25-9-3)26-10-4)15-16-36(32-42(27-11-5)28-12-6)40(44)34-19-23-38(24-20-34)46-30-14-8-2/h17-24,35-36H,7-16,25-32H2,1-6H3/p+2. The number of rotatable bonds is 27. The minimum absolute atomic E-state index is 0.134. The Labute approximate surface area is 281 Å². The van der Waals surface area contributed by atoms with Crippen molar-refractivity contribution in [1.29, 1.82) is 0 Å². The van der Waals surface area contributed by atoms with Crippen LogP contribution in [0.1, 0.15) is 126 Å². The monoisotopic (exact) mass is 639 g/mol. The molecule has 0 aliphatic heterocycles. The lowest BCUT2D eigenvalue weighted by molar-refractivity contribution is -0.903. The second-order valence-corrected chi connectivity index (χ2v) is 13.1. The van der Waals surface area contributed by atoms with Crippen LogP contribution in [0, 0.1) is 11.8 Å². The molecule has 0 aromatic heterocycles. The highest BCUT2D eigenvalue weighted by Crippen LogP contribution is 2.23. The van der Waals surface area contributed by atoms with Crippen LogP contribution in [-0.2, 0) is 0 Å². The van der Waals surface area contributed by atoms with E-state index in [-0.39, 0.29) is 23.4 Å². The van der Waals surface area contributed by atoms with Gasteiger partial charge in [0.25, 0.3) is 0 Å². The summed E-state index contributed by atoms with van der Waals surface area (Å²) in [5.41, 5.74) is 1.48. The summed E-state index contributed by atoms with van der Waals surface area (Å²) in [6, 6.07) is 15.4. The van der Waals surface area contributed by atoms with Crippen molar-refractivity contribution in [3.8, 4) is 11.5 Å². The van der Waals surface area contributed by atoms with Crippen molar-refractivity contribution in [3.05, 3.63) is 59.7 Å². The minimum atomic E-state index is -0.134. The van der Waals surface area contributed by atoms with E-state index in [0.717, 1.165) is 113 Å². The summed E-state index contributed by atoms with van der Waals surface area (Å²) in [6.45, 7) is 20.4. The minimum Gasteiger partial charge on any atom is -0.494 e. The number of Topliss-reactive ketones (excluding diaryl/α,β-unsaturated/α-hetero) is 2. The van der Waals surface area contributed by atoms with Crippen LogP contribution in [0.25, 0.3) is 0 Å². The average Bonchev–Trinajstić information content (AvgIpc) is 3.06. The molecule has 0 saturated carbocycles. The van der Waals surface area contributed by atoms with Crippen molar-refractivity contribution in [2.45, 2.75) is 106 Å². The molecule has 0 spiro atoms.